The molecule has 2 aliphatic rings. The summed E-state index contributed by atoms with van der Waals surface area (Å²) in [6, 6.07) is 5.31. The van der Waals surface area contributed by atoms with Crippen molar-refractivity contribution in [1.29, 1.82) is 0 Å². The standard InChI is InChI=1S/C23H27F3N6O3/c1-30(15-19-12-27-29-28-19)22(34)32-13-17-8-10-31(11-9-18(17)14-32)21(33)7-4-16-2-5-20(6-3-16)35-23(24,25)26/h2-7,12,17-18H,8-11,13-15H2,1H3,(H,27,28,29)/b7-4+/t17-,18?/m1/s1. The van der Waals surface area contributed by atoms with E-state index >= 15 is 0 Å². The Bertz CT molecular complexity index is 1030. The summed E-state index contributed by atoms with van der Waals surface area (Å²) in [5.74, 6) is 0.228. The van der Waals surface area contributed by atoms with Gasteiger partial charge in [0, 0.05) is 39.3 Å². The Hall–Kier alpha value is -3.57. The second-order valence-corrected chi connectivity index (χ2v) is 8.90. The average molecular weight is 493 g/mol. The number of carbonyl (C=O) groups is 2. The zero-order valence-electron chi connectivity index (χ0n) is 19.2. The van der Waals surface area contributed by atoms with Crippen LogP contribution in [0.25, 0.3) is 6.08 Å². The van der Waals surface area contributed by atoms with Crippen LogP contribution in [0.4, 0.5) is 18.0 Å². The average Bonchev–Trinajstić information content (AvgIpc) is 3.42. The third kappa shape index (κ3) is 6.52. The molecule has 2 aliphatic heterocycles. The van der Waals surface area contributed by atoms with Gasteiger partial charge in [-0.2, -0.15) is 0 Å². The van der Waals surface area contributed by atoms with Crippen molar-refractivity contribution in [2.75, 3.05) is 33.2 Å². The number of urea groups is 1. The van der Waals surface area contributed by atoms with Crippen molar-refractivity contribution in [1.82, 2.24) is 30.1 Å². The molecule has 2 aromatic rings. The molecule has 1 N–H and O–H groups in total. The minimum atomic E-state index is -4.74. The fraction of sp³-hybridized carbons (Fsp3) is 0.478. The Morgan fingerprint density at radius 1 is 1.14 bits per heavy atom. The molecule has 9 nitrogen and oxygen atoms in total. The normalized spacial score (nSPS) is 20.6. The second-order valence-electron chi connectivity index (χ2n) is 8.90. The molecular weight excluding hydrogens is 465 g/mol. The number of ether oxygens (including phenoxy) is 1. The Kier molecular flexibility index (Phi) is 7.27. The molecule has 12 heteroatoms. The molecule has 4 rings (SSSR count). The van der Waals surface area contributed by atoms with Crippen LogP contribution < -0.4 is 4.74 Å². The van der Waals surface area contributed by atoms with Gasteiger partial charge in [-0.15, -0.1) is 18.3 Å². The highest BCUT2D eigenvalue weighted by molar-refractivity contribution is 5.91. The van der Waals surface area contributed by atoms with Gasteiger partial charge in [-0.05, 0) is 48.4 Å². The monoisotopic (exact) mass is 492 g/mol. The van der Waals surface area contributed by atoms with E-state index in [4.69, 9.17) is 0 Å². The van der Waals surface area contributed by atoms with Crippen LogP contribution in [0.2, 0.25) is 0 Å². The summed E-state index contributed by atoms with van der Waals surface area (Å²) in [7, 11) is 1.75. The number of likely N-dealkylation sites (tertiary alicyclic amines) is 2. The first-order valence-electron chi connectivity index (χ1n) is 11.4. The molecule has 0 bridgehead atoms. The Morgan fingerprint density at radius 2 is 1.80 bits per heavy atom. The third-order valence-electron chi connectivity index (χ3n) is 6.43. The van der Waals surface area contributed by atoms with Crippen molar-refractivity contribution in [3.05, 3.63) is 47.8 Å². The number of H-pyrrole nitrogens is 1. The molecule has 3 heterocycles. The zero-order chi connectivity index (χ0) is 25.0. The van der Waals surface area contributed by atoms with Crippen molar-refractivity contribution in [3.63, 3.8) is 0 Å². The van der Waals surface area contributed by atoms with E-state index in [1.54, 1.807) is 29.1 Å². The lowest BCUT2D eigenvalue weighted by Gasteiger charge is -2.25. The Labute approximate surface area is 200 Å². The molecule has 0 radical (unpaired) electrons. The minimum absolute atomic E-state index is 0.0322. The van der Waals surface area contributed by atoms with Gasteiger partial charge < -0.3 is 19.4 Å². The van der Waals surface area contributed by atoms with Crippen molar-refractivity contribution in [3.8, 4) is 5.75 Å². The van der Waals surface area contributed by atoms with E-state index < -0.39 is 6.36 Å². The first-order valence-corrected chi connectivity index (χ1v) is 11.4. The molecule has 0 saturated carbocycles. The maximum Gasteiger partial charge on any atom is 0.573 e. The van der Waals surface area contributed by atoms with E-state index in [0.717, 1.165) is 18.5 Å². The van der Waals surface area contributed by atoms with Crippen molar-refractivity contribution < 1.29 is 27.5 Å². The van der Waals surface area contributed by atoms with Crippen LogP contribution in [0.1, 0.15) is 24.1 Å². The zero-order valence-corrected chi connectivity index (χ0v) is 19.2. The molecular formula is C23H27F3N6O3. The minimum Gasteiger partial charge on any atom is -0.406 e. The number of aromatic amines is 1. The van der Waals surface area contributed by atoms with Gasteiger partial charge in [-0.1, -0.05) is 17.3 Å². The van der Waals surface area contributed by atoms with Gasteiger partial charge in [0.15, 0.2) is 0 Å². The smallest absolute Gasteiger partial charge is 0.406 e. The SMILES string of the molecule is CN(Cc1cnn[nH]1)C(=O)N1CC2CCN(C(=O)/C=C/c3ccc(OC(F)(F)F)cc3)CC[C@@H]2C1. The number of nitrogens with zero attached hydrogens (tertiary/aromatic N) is 5. The summed E-state index contributed by atoms with van der Waals surface area (Å²) in [5, 5.41) is 10.1. The lowest BCUT2D eigenvalue weighted by molar-refractivity contribution is -0.274. The Morgan fingerprint density at radius 3 is 2.37 bits per heavy atom. The van der Waals surface area contributed by atoms with Gasteiger partial charge in [0.2, 0.25) is 5.91 Å². The molecule has 3 amide bonds. The second kappa shape index (κ2) is 10.4. The highest BCUT2D eigenvalue weighted by atomic mass is 19.4. The number of nitrogens with one attached hydrogen (secondary N) is 1. The van der Waals surface area contributed by atoms with Crippen molar-refractivity contribution in [2.45, 2.75) is 25.7 Å². The maximum absolute atomic E-state index is 12.8. The van der Waals surface area contributed by atoms with Crippen LogP contribution in [-0.4, -0.2) is 81.6 Å². The van der Waals surface area contributed by atoms with Crippen LogP contribution >= 0.6 is 0 Å². The largest absolute Gasteiger partial charge is 0.573 e. The highest BCUT2D eigenvalue weighted by Gasteiger charge is 2.38. The number of alkyl halides is 3. The molecule has 1 aromatic heterocycles. The first kappa shape index (κ1) is 24.6. The first-order chi connectivity index (χ1) is 16.7. The van der Waals surface area contributed by atoms with Crippen LogP contribution in [0.3, 0.4) is 0 Å². The molecule has 0 aliphatic carbocycles. The van der Waals surface area contributed by atoms with Crippen LogP contribution in [0, 0.1) is 11.8 Å². The maximum atomic E-state index is 12.8. The lowest BCUT2D eigenvalue weighted by Crippen LogP contribution is -2.40. The number of fused-ring (bicyclic) bond motifs is 1. The van der Waals surface area contributed by atoms with Gasteiger partial charge in [0.05, 0.1) is 18.4 Å². The number of hydrogen-bond acceptors (Lipinski definition) is 5. The summed E-state index contributed by atoms with van der Waals surface area (Å²) in [4.78, 5) is 30.8. The van der Waals surface area contributed by atoms with Gasteiger partial charge in [-0.3, -0.25) is 9.89 Å². The van der Waals surface area contributed by atoms with E-state index in [0.29, 0.717) is 50.1 Å². The fourth-order valence-corrected chi connectivity index (χ4v) is 4.64. The van der Waals surface area contributed by atoms with Gasteiger partial charge in [0.1, 0.15) is 5.75 Å². The Balaban J connectivity index is 1.26. The topological polar surface area (TPSA) is 94.7 Å². The molecule has 1 unspecified atom stereocenters. The molecule has 1 aromatic carbocycles. The number of aromatic nitrogens is 3. The van der Waals surface area contributed by atoms with E-state index in [-0.39, 0.29) is 17.7 Å². The summed E-state index contributed by atoms with van der Waals surface area (Å²) >= 11 is 0. The molecule has 2 fully saturated rings. The lowest BCUT2D eigenvalue weighted by atomic mass is 9.92. The van der Waals surface area contributed by atoms with Gasteiger partial charge >= 0.3 is 12.4 Å². The summed E-state index contributed by atoms with van der Waals surface area (Å²) in [6.07, 6.45) is 1.50. The van der Waals surface area contributed by atoms with Crippen LogP contribution in [0.5, 0.6) is 5.75 Å². The summed E-state index contributed by atoms with van der Waals surface area (Å²) < 4.78 is 40.7. The number of halogens is 3. The van der Waals surface area contributed by atoms with E-state index in [9.17, 15) is 22.8 Å². The molecule has 2 atom stereocenters. The highest BCUT2D eigenvalue weighted by Crippen LogP contribution is 2.32. The van der Waals surface area contributed by atoms with Gasteiger partial charge in [-0.25, -0.2) is 4.79 Å². The third-order valence-corrected chi connectivity index (χ3v) is 6.43. The van der Waals surface area contributed by atoms with Crippen molar-refractivity contribution >= 4 is 18.0 Å². The van der Waals surface area contributed by atoms with E-state index in [2.05, 4.69) is 20.1 Å². The van der Waals surface area contributed by atoms with Crippen LogP contribution in [-0.2, 0) is 11.3 Å². The number of amides is 3. The summed E-state index contributed by atoms with van der Waals surface area (Å²) in [5.41, 5.74) is 1.37. The number of carbonyl (C=O) groups excluding carboxylic acids is 2. The number of benzene rings is 1. The quantitative estimate of drug-likeness (QED) is 0.648. The number of hydrogen-bond donors (Lipinski definition) is 1. The number of rotatable bonds is 5. The summed E-state index contributed by atoms with van der Waals surface area (Å²) in [6.45, 7) is 2.93. The predicted molar refractivity (Wildman–Crippen MR) is 120 cm³/mol. The fourth-order valence-electron chi connectivity index (χ4n) is 4.64. The molecule has 2 saturated heterocycles. The molecule has 0 spiro atoms. The van der Waals surface area contributed by atoms with Gasteiger partial charge in [0.25, 0.3) is 0 Å². The molecule has 188 valence electrons. The van der Waals surface area contributed by atoms with Crippen molar-refractivity contribution in [2.24, 2.45) is 11.8 Å². The predicted octanol–water partition coefficient (Wildman–Crippen LogP) is 3.14. The van der Waals surface area contributed by atoms with E-state index in [1.165, 1.54) is 30.3 Å². The molecule has 35 heavy (non-hydrogen) atoms. The van der Waals surface area contributed by atoms with E-state index in [1.807, 2.05) is 4.90 Å². The van der Waals surface area contributed by atoms with Crippen LogP contribution in [0.15, 0.2) is 36.5 Å².